The minimum absolute atomic E-state index is 0.277. The number of benzene rings is 1. The van der Waals surface area contributed by atoms with E-state index < -0.39 is 10.0 Å². The maximum Gasteiger partial charge on any atom is 0.238 e. The summed E-state index contributed by atoms with van der Waals surface area (Å²) < 4.78 is 30.6. The summed E-state index contributed by atoms with van der Waals surface area (Å²) in [7, 11) is -2.15. The van der Waals surface area contributed by atoms with Gasteiger partial charge in [0.15, 0.2) is 6.29 Å². The average Bonchev–Trinajstić information content (AvgIpc) is 2.76. The predicted molar refractivity (Wildman–Crippen MR) is 87.0 cm³/mol. The van der Waals surface area contributed by atoms with Gasteiger partial charge in [0.2, 0.25) is 15.2 Å². The van der Waals surface area contributed by atoms with Crippen LogP contribution in [0.15, 0.2) is 18.2 Å². The minimum atomic E-state index is -3.59. The summed E-state index contributed by atoms with van der Waals surface area (Å²) in [6, 6.07) is 4.61. The van der Waals surface area contributed by atoms with Gasteiger partial charge in [-0.25, -0.2) is 17.7 Å². The lowest BCUT2D eigenvalue weighted by Gasteiger charge is -2.20. The fourth-order valence-electron chi connectivity index (χ4n) is 1.93. The Morgan fingerprint density at radius 3 is 2.45 bits per heavy atom. The summed E-state index contributed by atoms with van der Waals surface area (Å²) >= 11 is 1.28. The molecule has 0 saturated heterocycles. The van der Waals surface area contributed by atoms with Crippen LogP contribution in [-0.4, -0.2) is 33.1 Å². The van der Waals surface area contributed by atoms with Crippen molar-refractivity contribution in [3.8, 4) is 5.75 Å². The van der Waals surface area contributed by atoms with Gasteiger partial charge in [-0.3, -0.25) is 4.79 Å². The molecule has 0 spiro atoms. The highest BCUT2D eigenvalue weighted by Crippen LogP contribution is 2.35. The summed E-state index contributed by atoms with van der Waals surface area (Å²) in [4.78, 5) is 16.4. The van der Waals surface area contributed by atoms with Crippen molar-refractivity contribution < 1.29 is 17.9 Å². The smallest absolute Gasteiger partial charge is 0.238 e. The van der Waals surface area contributed by atoms with Crippen molar-refractivity contribution in [3.63, 3.8) is 0 Å². The van der Waals surface area contributed by atoms with Crippen molar-refractivity contribution in [2.75, 3.05) is 17.7 Å². The molecule has 0 saturated carbocycles. The molecular formula is C14H16N2O4S2. The molecule has 0 aliphatic carbocycles. The number of anilines is 2. The minimum Gasteiger partial charge on any atom is -0.496 e. The number of carbonyl (C=O) groups is 1. The number of aldehydes is 1. The lowest BCUT2D eigenvalue weighted by atomic mass is 10.2. The summed E-state index contributed by atoms with van der Waals surface area (Å²) in [5.41, 5.74) is 1.40. The zero-order chi connectivity index (χ0) is 16.5. The van der Waals surface area contributed by atoms with E-state index in [9.17, 15) is 13.2 Å². The van der Waals surface area contributed by atoms with Gasteiger partial charge in [-0.15, -0.1) is 11.3 Å². The lowest BCUT2D eigenvalue weighted by Crippen LogP contribution is -2.24. The van der Waals surface area contributed by atoms with E-state index in [0.29, 0.717) is 22.9 Å². The highest BCUT2D eigenvalue weighted by atomic mass is 32.2. The number of hydrogen-bond donors (Lipinski definition) is 0. The third-order valence-electron chi connectivity index (χ3n) is 3.10. The van der Waals surface area contributed by atoms with Crippen LogP contribution in [-0.2, 0) is 10.0 Å². The largest absolute Gasteiger partial charge is 0.496 e. The number of nitrogens with zero attached hydrogens (tertiary/aromatic N) is 2. The molecule has 0 N–H and O–H groups in total. The van der Waals surface area contributed by atoms with Crippen LogP contribution in [0.1, 0.15) is 20.9 Å². The van der Waals surface area contributed by atoms with E-state index in [1.807, 2.05) is 13.8 Å². The maximum absolute atomic E-state index is 12.2. The van der Waals surface area contributed by atoms with Gasteiger partial charge in [0.1, 0.15) is 5.75 Å². The molecular weight excluding hydrogens is 324 g/mol. The number of aromatic nitrogens is 1. The third kappa shape index (κ3) is 3.12. The maximum atomic E-state index is 12.2. The molecule has 0 radical (unpaired) electrons. The van der Waals surface area contributed by atoms with Crippen LogP contribution in [0, 0.1) is 13.8 Å². The molecule has 8 heteroatoms. The third-order valence-corrected chi connectivity index (χ3v) is 5.32. The van der Waals surface area contributed by atoms with E-state index in [0.717, 1.165) is 21.1 Å². The molecule has 0 unspecified atom stereocenters. The molecule has 2 rings (SSSR count). The Bertz CT molecular complexity index is 793. The van der Waals surface area contributed by atoms with E-state index in [-0.39, 0.29) is 5.56 Å². The molecule has 1 aromatic carbocycles. The zero-order valence-corrected chi connectivity index (χ0v) is 14.3. The molecule has 0 aliphatic rings. The fourth-order valence-corrected chi connectivity index (χ4v) is 4.10. The SMILES string of the molecule is COc1ccc(N(c2nc(C)c(C)s2)S(C)(=O)=O)cc1C=O. The molecule has 2 aromatic rings. The van der Waals surface area contributed by atoms with Crippen molar-refractivity contribution in [1.82, 2.24) is 4.98 Å². The van der Waals surface area contributed by atoms with Crippen LogP contribution in [0.4, 0.5) is 10.8 Å². The van der Waals surface area contributed by atoms with Crippen LogP contribution >= 0.6 is 11.3 Å². The number of methoxy groups -OCH3 is 1. The van der Waals surface area contributed by atoms with Gasteiger partial charge in [-0.05, 0) is 32.0 Å². The van der Waals surface area contributed by atoms with Crippen LogP contribution in [0.5, 0.6) is 5.75 Å². The Morgan fingerprint density at radius 2 is 2.00 bits per heavy atom. The van der Waals surface area contributed by atoms with Crippen LogP contribution in [0.2, 0.25) is 0 Å². The van der Waals surface area contributed by atoms with E-state index in [1.54, 1.807) is 12.1 Å². The van der Waals surface area contributed by atoms with Crippen LogP contribution in [0.25, 0.3) is 0 Å². The Balaban J connectivity index is 2.63. The van der Waals surface area contributed by atoms with Gasteiger partial charge in [0.25, 0.3) is 0 Å². The molecule has 118 valence electrons. The second kappa shape index (κ2) is 6.05. The van der Waals surface area contributed by atoms with Gasteiger partial charge in [-0.2, -0.15) is 0 Å². The number of aryl methyl sites for hydroxylation is 2. The molecule has 1 aromatic heterocycles. The molecule has 0 bridgehead atoms. The molecule has 0 atom stereocenters. The van der Waals surface area contributed by atoms with E-state index >= 15 is 0 Å². The quantitative estimate of drug-likeness (QED) is 0.782. The normalized spacial score (nSPS) is 11.3. The number of thiazole rings is 1. The van der Waals surface area contributed by atoms with Gasteiger partial charge in [-0.1, -0.05) is 0 Å². The first-order valence-corrected chi connectivity index (χ1v) is 9.02. The second-order valence-corrected chi connectivity index (χ2v) is 7.72. The highest BCUT2D eigenvalue weighted by Gasteiger charge is 2.24. The van der Waals surface area contributed by atoms with Gasteiger partial charge >= 0.3 is 0 Å². The summed E-state index contributed by atoms with van der Waals surface area (Å²) in [5.74, 6) is 0.388. The van der Waals surface area contributed by atoms with Gasteiger partial charge in [0, 0.05) is 4.88 Å². The number of rotatable bonds is 5. The van der Waals surface area contributed by atoms with E-state index in [4.69, 9.17) is 4.74 Å². The predicted octanol–water partition coefficient (Wildman–Crippen LogP) is 2.68. The fraction of sp³-hybridized carbons (Fsp3) is 0.286. The lowest BCUT2D eigenvalue weighted by molar-refractivity contribution is 0.112. The van der Waals surface area contributed by atoms with E-state index in [2.05, 4.69) is 4.98 Å². The number of ether oxygens (including phenoxy) is 1. The molecule has 1 heterocycles. The van der Waals surface area contributed by atoms with Crippen LogP contribution in [0.3, 0.4) is 0 Å². The summed E-state index contributed by atoms with van der Waals surface area (Å²) in [5, 5.41) is 0.347. The highest BCUT2D eigenvalue weighted by molar-refractivity contribution is 7.92. The van der Waals surface area contributed by atoms with Crippen molar-refractivity contribution in [2.24, 2.45) is 0 Å². The number of sulfonamides is 1. The second-order valence-electron chi connectivity index (χ2n) is 4.71. The topological polar surface area (TPSA) is 76.6 Å². The van der Waals surface area contributed by atoms with Crippen molar-refractivity contribution in [3.05, 3.63) is 34.3 Å². The zero-order valence-electron chi connectivity index (χ0n) is 12.7. The first-order valence-electron chi connectivity index (χ1n) is 6.35. The monoisotopic (exact) mass is 340 g/mol. The molecule has 0 fully saturated rings. The van der Waals surface area contributed by atoms with Gasteiger partial charge in [0.05, 0.1) is 30.3 Å². The molecule has 0 amide bonds. The standard InChI is InChI=1S/C14H16N2O4S2/c1-9-10(2)21-14(15-9)16(22(4,18)19)12-5-6-13(20-3)11(7-12)8-17/h5-8H,1-4H3. The number of hydrogen-bond acceptors (Lipinski definition) is 6. The van der Waals surface area contributed by atoms with Crippen molar-refractivity contribution in [1.29, 1.82) is 0 Å². The first kappa shape index (κ1) is 16.4. The van der Waals surface area contributed by atoms with Gasteiger partial charge < -0.3 is 4.74 Å². The Kier molecular flexibility index (Phi) is 4.52. The average molecular weight is 340 g/mol. The Hall–Kier alpha value is -1.93. The van der Waals surface area contributed by atoms with E-state index in [1.165, 1.54) is 24.5 Å². The Morgan fingerprint density at radius 1 is 1.32 bits per heavy atom. The molecule has 0 aliphatic heterocycles. The van der Waals surface area contributed by atoms with Crippen molar-refractivity contribution >= 4 is 38.5 Å². The summed E-state index contributed by atoms with van der Waals surface area (Å²) in [6.07, 6.45) is 1.73. The van der Waals surface area contributed by atoms with Crippen LogP contribution < -0.4 is 9.04 Å². The molecule has 22 heavy (non-hydrogen) atoms. The first-order chi connectivity index (χ1) is 10.3. The summed E-state index contributed by atoms with van der Waals surface area (Å²) in [6.45, 7) is 3.70. The molecule has 6 nitrogen and oxygen atoms in total. The Labute approximate surface area is 133 Å². The number of carbonyl (C=O) groups excluding carboxylic acids is 1. The van der Waals surface area contributed by atoms with Crippen molar-refractivity contribution in [2.45, 2.75) is 13.8 Å².